The van der Waals surface area contributed by atoms with E-state index in [2.05, 4.69) is 24.8 Å². The third kappa shape index (κ3) is 4.14. The molecule has 0 radical (unpaired) electrons. The summed E-state index contributed by atoms with van der Waals surface area (Å²) in [7, 11) is 0. The van der Waals surface area contributed by atoms with Crippen LogP contribution >= 0.6 is 0 Å². The molecule has 0 aliphatic heterocycles. The largest absolute Gasteiger partial charge is 0.433 e. The first kappa shape index (κ1) is 22.1. The Balaban J connectivity index is 1.27. The fourth-order valence-corrected chi connectivity index (χ4v) is 4.20. The predicted octanol–water partition coefficient (Wildman–Crippen LogP) is 3.29. The molecule has 176 valence electrons. The number of aliphatic hydroxyl groups is 1. The monoisotopic (exact) mass is 469 g/mol. The van der Waals surface area contributed by atoms with Crippen LogP contribution in [0.5, 0.6) is 5.75 Å². The van der Waals surface area contributed by atoms with Gasteiger partial charge in [-0.05, 0) is 49.1 Å². The van der Waals surface area contributed by atoms with Gasteiger partial charge in [0.05, 0.1) is 11.0 Å². The fourth-order valence-electron chi connectivity index (χ4n) is 4.20. The maximum absolute atomic E-state index is 13.0. The first-order chi connectivity index (χ1) is 16.1. The average Bonchev–Trinajstić information content (AvgIpc) is 3.21. The summed E-state index contributed by atoms with van der Waals surface area (Å²) < 4.78 is 37.2. The van der Waals surface area contributed by atoms with Gasteiger partial charge >= 0.3 is 6.11 Å². The molecule has 0 saturated heterocycles. The summed E-state index contributed by atoms with van der Waals surface area (Å²) in [6.45, 7) is 2.54. The molecule has 0 bridgehead atoms. The minimum Gasteiger partial charge on any atom is -0.433 e. The average molecular weight is 469 g/mol. The molecule has 9 nitrogen and oxygen atoms in total. The van der Waals surface area contributed by atoms with E-state index in [-0.39, 0.29) is 29.7 Å². The van der Waals surface area contributed by atoms with Gasteiger partial charge in [-0.3, -0.25) is 9.36 Å². The van der Waals surface area contributed by atoms with Crippen molar-refractivity contribution in [1.29, 1.82) is 0 Å². The Morgan fingerprint density at radius 1 is 1.24 bits per heavy atom. The molecule has 5 rings (SSSR count). The highest BCUT2D eigenvalue weighted by atomic mass is 19.3. The molecule has 0 spiro atoms. The Morgan fingerprint density at radius 2 is 1.97 bits per heavy atom. The van der Waals surface area contributed by atoms with E-state index < -0.39 is 11.7 Å². The number of hydrogen-bond acceptors (Lipinski definition) is 8. The van der Waals surface area contributed by atoms with Gasteiger partial charge in [-0.2, -0.15) is 13.8 Å². The van der Waals surface area contributed by atoms with Crippen molar-refractivity contribution in [1.82, 2.24) is 24.7 Å². The molecule has 3 aromatic heterocycles. The number of ether oxygens (including phenoxy) is 1. The van der Waals surface area contributed by atoms with Gasteiger partial charge in [0.2, 0.25) is 5.89 Å². The molecule has 1 aliphatic carbocycles. The number of nitrogens with zero attached hydrogens (tertiary/aromatic N) is 5. The SMILES string of the molecule is Cc1ccnc2ncn(Cc3nc(C4CC(O)(c5ccc(OC(C)(F)F)cc5)C4)no3)c(=O)c12. The van der Waals surface area contributed by atoms with E-state index in [4.69, 9.17) is 4.52 Å². The number of aryl methyl sites for hydroxylation is 1. The number of pyridine rings is 1. The lowest BCUT2D eigenvalue weighted by atomic mass is 9.67. The highest BCUT2D eigenvalue weighted by Crippen LogP contribution is 2.50. The normalized spacial score (nSPS) is 20.3. The lowest BCUT2D eigenvalue weighted by molar-refractivity contribution is -0.158. The third-order valence-electron chi connectivity index (χ3n) is 5.94. The second-order valence-electron chi connectivity index (χ2n) is 8.62. The molecule has 1 N–H and O–H groups in total. The molecule has 1 aliphatic rings. The summed E-state index contributed by atoms with van der Waals surface area (Å²) in [5.74, 6) is 0.557. The standard InChI is InChI=1S/C23H21F2N5O4/c1-13-7-8-26-20-18(13)21(31)30(12-27-20)11-17-28-19(29-34-17)14-9-23(32,10-14)15-3-5-16(6-4-15)33-22(2,24)25/h3-8,12,14,32H,9-11H2,1-2H3. The van der Waals surface area contributed by atoms with E-state index in [0.29, 0.717) is 42.2 Å². The van der Waals surface area contributed by atoms with E-state index in [0.717, 1.165) is 5.56 Å². The van der Waals surface area contributed by atoms with Crippen LogP contribution in [-0.4, -0.2) is 35.9 Å². The van der Waals surface area contributed by atoms with E-state index >= 15 is 0 Å². The topological polar surface area (TPSA) is 116 Å². The summed E-state index contributed by atoms with van der Waals surface area (Å²) in [5, 5.41) is 15.4. The number of hydrogen-bond donors (Lipinski definition) is 1. The number of halogens is 2. The third-order valence-corrected chi connectivity index (χ3v) is 5.94. The van der Waals surface area contributed by atoms with Crippen LogP contribution in [0.4, 0.5) is 8.78 Å². The molecule has 0 atom stereocenters. The van der Waals surface area contributed by atoms with Crippen LogP contribution in [0.2, 0.25) is 0 Å². The van der Waals surface area contributed by atoms with Crippen molar-refractivity contribution < 1.29 is 23.1 Å². The van der Waals surface area contributed by atoms with Crippen LogP contribution in [0.25, 0.3) is 11.0 Å². The molecule has 0 amide bonds. The number of fused-ring (bicyclic) bond motifs is 1. The van der Waals surface area contributed by atoms with Crippen LogP contribution in [0.3, 0.4) is 0 Å². The van der Waals surface area contributed by atoms with Gasteiger partial charge in [-0.15, -0.1) is 0 Å². The minimum absolute atomic E-state index is 0.0166. The zero-order chi connectivity index (χ0) is 24.1. The summed E-state index contributed by atoms with van der Waals surface area (Å²) in [6, 6.07) is 7.68. The van der Waals surface area contributed by atoms with Gasteiger partial charge in [-0.25, -0.2) is 9.97 Å². The Hall–Kier alpha value is -3.73. The van der Waals surface area contributed by atoms with Crippen LogP contribution in [0.1, 0.15) is 48.5 Å². The first-order valence-corrected chi connectivity index (χ1v) is 10.6. The van der Waals surface area contributed by atoms with E-state index in [9.17, 15) is 18.7 Å². The Morgan fingerprint density at radius 3 is 2.68 bits per heavy atom. The molecule has 3 heterocycles. The number of rotatable bonds is 6. The van der Waals surface area contributed by atoms with Gasteiger partial charge in [0.15, 0.2) is 11.5 Å². The lowest BCUT2D eigenvalue weighted by Crippen LogP contribution is -2.40. The molecular weight excluding hydrogens is 448 g/mol. The Kier molecular flexibility index (Phi) is 5.16. The second kappa shape index (κ2) is 7.94. The minimum atomic E-state index is -3.28. The van der Waals surface area contributed by atoms with E-state index in [1.165, 1.54) is 23.0 Å². The predicted molar refractivity (Wildman–Crippen MR) is 115 cm³/mol. The summed E-state index contributed by atoms with van der Waals surface area (Å²) in [4.78, 5) is 25.5. The van der Waals surface area contributed by atoms with Crippen molar-refractivity contribution >= 4 is 11.0 Å². The zero-order valence-electron chi connectivity index (χ0n) is 18.4. The molecule has 0 unspecified atom stereocenters. The maximum Gasteiger partial charge on any atom is 0.394 e. The summed E-state index contributed by atoms with van der Waals surface area (Å²) >= 11 is 0. The van der Waals surface area contributed by atoms with Gasteiger partial charge in [0.25, 0.3) is 5.56 Å². The molecule has 4 aromatic rings. The molecule has 1 aromatic carbocycles. The highest BCUT2D eigenvalue weighted by molar-refractivity contribution is 5.76. The van der Waals surface area contributed by atoms with E-state index in [1.807, 2.05) is 6.92 Å². The van der Waals surface area contributed by atoms with Gasteiger partial charge in [0, 0.05) is 19.0 Å². The molecular formula is C23H21F2N5O4. The smallest absolute Gasteiger partial charge is 0.394 e. The van der Waals surface area contributed by atoms with Crippen LogP contribution in [-0.2, 0) is 12.1 Å². The maximum atomic E-state index is 13.0. The quantitative estimate of drug-likeness (QED) is 0.457. The van der Waals surface area contributed by atoms with Gasteiger partial charge < -0.3 is 14.4 Å². The fraction of sp³-hybridized carbons (Fsp3) is 0.348. The van der Waals surface area contributed by atoms with Crippen molar-refractivity contribution in [2.45, 2.75) is 50.9 Å². The van der Waals surface area contributed by atoms with Crippen molar-refractivity contribution in [3.8, 4) is 5.75 Å². The Bertz CT molecular complexity index is 1410. The lowest BCUT2D eigenvalue weighted by Gasteiger charge is -2.42. The van der Waals surface area contributed by atoms with Crippen LogP contribution in [0.15, 0.2) is 52.2 Å². The van der Waals surface area contributed by atoms with Gasteiger partial charge in [-0.1, -0.05) is 17.3 Å². The van der Waals surface area contributed by atoms with Crippen molar-refractivity contribution in [3.63, 3.8) is 0 Å². The molecule has 34 heavy (non-hydrogen) atoms. The molecule has 1 saturated carbocycles. The van der Waals surface area contributed by atoms with Crippen molar-refractivity contribution in [3.05, 3.63) is 76.1 Å². The first-order valence-electron chi connectivity index (χ1n) is 10.6. The van der Waals surface area contributed by atoms with Gasteiger partial charge in [0.1, 0.15) is 18.6 Å². The molecule has 1 fully saturated rings. The highest BCUT2D eigenvalue weighted by Gasteiger charge is 2.46. The molecule has 11 heteroatoms. The summed E-state index contributed by atoms with van der Waals surface area (Å²) in [6.07, 6.45) is 0.409. The number of benzene rings is 1. The van der Waals surface area contributed by atoms with Crippen molar-refractivity contribution in [2.75, 3.05) is 0 Å². The second-order valence-corrected chi connectivity index (χ2v) is 8.62. The zero-order valence-corrected chi connectivity index (χ0v) is 18.4. The number of aromatic nitrogens is 5. The van der Waals surface area contributed by atoms with Crippen molar-refractivity contribution in [2.24, 2.45) is 0 Å². The Labute approximate surface area is 192 Å². The number of alkyl halides is 2. The van der Waals surface area contributed by atoms with Crippen LogP contribution < -0.4 is 10.3 Å². The van der Waals surface area contributed by atoms with Crippen LogP contribution in [0, 0.1) is 6.92 Å². The van der Waals surface area contributed by atoms with E-state index in [1.54, 1.807) is 24.4 Å². The summed E-state index contributed by atoms with van der Waals surface area (Å²) in [5.41, 5.74) is 0.380.